The first-order valence-corrected chi connectivity index (χ1v) is 12.5. The summed E-state index contributed by atoms with van der Waals surface area (Å²) in [5, 5.41) is 16.4. The molecule has 6 aromatic heterocycles. The number of nitrogens with zero attached hydrogens (tertiary/aromatic N) is 8. The van der Waals surface area contributed by atoms with Crippen molar-refractivity contribution in [3.8, 4) is 23.0 Å². The Morgan fingerprint density at radius 1 is 0.611 bits per heavy atom. The molecule has 0 aliphatic carbocycles. The van der Waals surface area contributed by atoms with Crippen LogP contribution in [0, 0.1) is 0 Å². The van der Waals surface area contributed by atoms with Gasteiger partial charge in [-0.05, 0) is 80.4 Å². The molecule has 36 heavy (non-hydrogen) atoms. The standard InChI is InChI=1S/2C11H7BrN4.C3H8.Pt/c2*12-8-4-5-9(13-7-8)11-15-14-10-3-1-2-6-16(10)11;1-3-2;/h2*1-7H;3H2,1-2H3;. The number of halogens is 2. The summed E-state index contributed by atoms with van der Waals surface area (Å²) in [6.07, 6.45) is 8.60. The van der Waals surface area contributed by atoms with E-state index in [2.05, 4.69) is 76.1 Å². The van der Waals surface area contributed by atoms with Crippen LogP contribution in [0.5, 0.6) is 0 Å². The van der Waals surface area contributed by atoms with Gasteiger partial charge in [-0.2, -0.15) is 0 Å². The topological polar surface area (TPSA) is 86.2 Å². The summed E-state index contributed by atoms with van der Waals surface area (Å²) in [4.78, 5) is 8.60. The van der Waals surface area contributed by atoms with E-state index in [0.717, 1.165) is 43.3 Å². The van der Waals surface area contributed by atoms with Crippen molar-refractivity contribution in [2.45, 2.75) is 20.3 Å². The Kier molecular flexibility index (Phi) is 10.4. The zero-order valence-corrected chi connectivity index (χ0v) is 24.9. The van der Waals surface area contributed by atoms with E-state index in [0.29, 0.717) is 0 Å². The van der Waals surface area contributed by atoms with Gasteiger partial charge < -0.3 is 0 Å². The van der Waals surface area contributed by atoms with E-state index in [-0.39, 0.29) is 21.1 Å². The van der Waals surface area contributed by atoms with E-state index in [9.17, 15) is 0 Å². The molecule has 0 saturated carbocycles. The van der Waals surface area contributed by atoms with Crippen LogP contribution in [0.15, 0.2) is 94.4 Å². The van der Waals surface area contributed by atoms with E-state index in [1.54, 1.807) is 12.4 Å². The molecule has 0 spiro atoms. The fourth-order valence-electron chi connectivity index (χ4n) is 3.05. The molecule has 0 radical (unpaired) electrons. The second-order valence-corrected chi connectivity index (χ2v) is 9.17. The SMILES string of the molecule is Brc1ccc(-c2nnc3ccccn23)nc1.Brc1ccc(-c2nnc3ccccn23)nc1.CCC.[Pt]. The van der Waals surface area contributed by atoms with Crippen LogP contribution in [0.2, 0.25) is 0 Å². The van der Waals surface area contributed by atoms with Gasteiger partial charge in [-0.25, -0.2) is 0 Å². The second-order valence-electron chi connectivity index (χ2n) is 7.34. The molecule has 0 aromatic carbocycles. The summed E-state index contributed by atoms with van der Waals surface area (Å²) in [6, 6.07) is 19.3. The second kappa shape index (κ2) is 13.5. The molecule has 0 N–H and O–H groups in total. The van der Waals surface area contributed by atoms with Crippen LogP contribution in [0.25, 0.3) is 34.3 Å². The summed E-state index contributed by atoms with van der Waals surface area (Å²) in [5.41, 5.74) is 3.26. The third-order valence-electron chi connectivity index (χ3n) is 4.54. The third-order valence-corrected chi connectivity index (χ3v) is 5.48. The molecule has 0 aliphatic heterocycles. The summed E-state index contributed by atoms with van der Waals surface area (Å²) in [5.74, 6) is 1.51. The number of aromatic nitrogens is 8. The predicted molar refractivity (Wildman–Crippen MR) is 144 cm³/mol. The molecular formula is C25H22Br2N8Pt. The molecule has 6 heterocycles. The van der Waals surface area contributed by atoms with Gasteiger partial charge in [-0.15, -0.1) is 20.4 Å². The molecule has 11 heteroatoms. The minimum atomic E-state index is 0. The Hall–Kier alpha value is -2.81. The smallest absolute Gasteiger partial charge is 0.186 e. The van der Waals surface area contributed by atoms with Crippen LogP contribution in [-0.4, -0.2) is 39.2 Å². The van der Waals surface area contributed by atoms with Crippen molar-refractivity contribution in [3.63, 3.8) is 0 Å². The Morgan fingerprint density at radius 2 is 1.03 bits per heavy atom. The number of hydrogen-bond donors (Lipinski definition) is 0. The first kappa shape index (κ1) is 27.8. The fourth-order valence-corrected chi connectivity index (χ4v) is 3.52. The zero-order chi connectivity index (χ0) is 24.6. The van der Waals surface area contributed by atoms with Gasteiger partial charge in [0.25, 0.3) is 0 Å². The van der Waals surface area contributed by atoms with Crippen LogP contribution >= 0.6 is 31.9 Å². The maximum Gasteiger partial charge on any atom is 0.186 e. The molecule has 0 bridgehead atoms. The third kappa shape index (κ3) is 6.69. The number of pyridine rings is 4. The summed E-state index contributed by atoms with van der Waals surface area (Å²) < 4.78 is 5.72. The van der Waals surface area contributed by atoms with Crippen LogP contribution in [0.4, 0.5) is 0 Å². The maximum absolute atomic E-state index is 4.30. The van der Waals surface area contributed by atoms with Gasteiger partial charge in [0.1, 0.15) is 11.4 Å². The van der Waals surface area contributed by atoms with Crippen molar-refractivity contribution < 1.29 is 21.1 Å². The Morgan fingerprint density at radius 3 is 1.39 bits per heavy atom. The number of rotatable bonds is 2. The molecular weight excluding hydrogens is 767 g/mol. The Bertz CT molecular complexity index is 1400. The molecule has 6 rings (SSSR count). The van der Waals surface area contributed by atoms with E-state index in [1.807, 2.05) is 81.9 Å². The maximum atomic E-state index is 4.30. The molecule has 186 valence electrons. The molecule has 6 aromatic rings. The molecule has 0 unspecified atom stereocenters. The van der Waals surface area contributed by atoms with Gasteiger partial charge in [-0.3, -0.25) is 18.8 Å². The number of hydrogen-bond acceptors (Lipinski definition) is 6. The minimum absolute atomic E-state index is 0. The summed E-state index contributed by atoms with van der Waals surface area (Å²) >= 11 is 6.71. The monoisotopic (exact) mass is 787 g/mol. The first-order chi connectivity index (χ1) is 17.1. The quantitative estimate of drug-likeness (QED) is 0.199. The molecule has 0 atom stereocenters. The fraction of sp³-hybridized carbons (Fsp3) is 0.120. The van der Waals surface area contributed by atoms with Crippen LogP contribution in [-0.2, 0) is 21.1 Å². The van der Waals surface area contributed by atoms with Gasteiger partial charge in [0.2, 0.25) is 0 Å². The van der Waals surface area contributed by atoms with Crippen molar-refractivity contribution in [1.82, 2.24) is 39.2 Å². The Labute approximate surface area is 239 Å². The minimum Gasteiger partial charge on any atom is -0.281 e. The zero-order valence-electron chi connectivity index (χ0n) is 19.4. The van der Waals surface area contributed by atoms with Gasteiger partial charge in [0, 0.05) is 54.8 Å². The van der Waals surface area contributed by atoms with E-state index in [4.69, 9.17) is 0 Å². The molecule has 0 aliphatic rings. The largest absolute Gasteiger partial charge is 0.281 e. The summed E-state index contributed by atoms with van der Waals surface area (Å²) in [6.45, 7) is 4.25. The van der Waals surface area contributed by atoms with Crippen molar-refractivity contribution >= 4 is 43.2 Å². The first-order valence-electron chi connectivity index (χ1n) is 10.9. The van der Waals surface area contributed by atoms with Crippen LogP contribution in [0.1, 0.15) is 20.3 Å². The van der Waals surface area contributed by atoms with E-state index >= 15 is 0 Å². The van der Waals surface area contributed by atoms with E-state index < -0.39 is 0 Å². The van der Waals surface area contributed by atoms with Gasteiger partial charge in [0.05, 0.1) is 0 Å². The Balaban J connectivity index is 0.000000177. The van der Waals surface area contributed by atoms with Gasteiger partial charge in [0.15, 0.2) is 22.9 Å². The average Bonchev–Trinajstić information content (AvgIpc) is 3.51. The normalized spacial score (nSPS) is 10.1. The molecule has 0 fully saturated rings. The average molecular weight is 789 g/mol. The van der Waals surface area contributed by atoms with Crippen molar-refractivity contribution in [2.24, 2.45) is 0 Å². The number of fused-ring (bicyclic) bond motifs is 2. The summed E-state index contributed by atoms with van der Waals surface area (Å²) in [7, 11) is 0. The molecule has 0 saturated heterocycles. The van der Waals surface area contributed by atoms with Crippen molar-refractivity contribution in [1.29, 1.82) is 0 Å². The van der Waals surface area contributed by atoms with Crippen molar-refractivity contribution in [3.05, 3.63) is 94.4 Å². The van der Waals surface area contributed by atoms with Crippen LogP contribution in [0.3, 0.4) is 0 Å². The molecule has 8 nitrogen and oxygen atoms in total. The molecule has 0 amide bonds. The predicted octanol–water partition coefficient (Wildman–Crippen LogP) is 6.52. The van der Waals surface area contributed by atoms with Gasteiger partial charge >= 0.3 is 0 Å². The van der Waals surface area contributed by atoms with Crippen LogP contribution < -0.4 is 0 Å². The van der Waals surface area contributed by atoms with Gasteiger partial charge in [-0.1, -0.05) is 32.4 Å². The van der Waals surface area contributed by atoms with E-state index in [1.165, 1.54) is 6.42 Å². The van der Waals surface area contributed by atoms with Crippen molar-refractivity contribution in [2.75, 3.05) is 0 Å².